The highest BCUT2D eigenvalue weighted by atomic mass is 32.2. The second kappa shape index (κ2) is 7.74. The third-order valence-electron chi connectivity index (χ3n) is 3.37. The number of carbonyl (C=O) groups excluding carboxylic acids is 1. The fourth-order valence-electron chi connectivity index (χ4n) is 2.15. The van der Waals surface area contributed by atoms with Crippen LogP contribution in [0.15, 0.2) is 71.6 Å². The molecule has 0 N–H and O–H groups in total. The summed E-state index contributed by atoms with van der Waals surface area (Å²) in [6, 6.07) is 17.4. The lowest BCUT2D eigenvalue weighted by Gasteiger charge is -2.14. The number of ether oxygens (including phenoxy) is 1. The van der Waals surface area contributed by atoms with Gasteiger partial charge in [0.1, 0.15) is 0 Å². The fourth-order valence-corrected chi connectivity index (χ4v) is 3.73. The predicted octanol–water partition coefficient (Wildman–Crippen LogP) is 3.11. The molecule has 0 aliphatic carbocycles. The molecule has 1 atom stereocenters. The van der Waals surface area contributed by atoms with E-state index in [1.807, 2.05) is 30.3 Å². The van der Waals surface area contributed by atoms with E-state index in [0.717, 1.165) is 5.56 Å². The Kier molecular flexibility index (Phi) is 5.71. The molecule has 2 aromatic rings. The monoisotopic (exact) mass is 330 g/mol. The largest absolute Gasteiger partial charge is 0.468 e. The Bertz CT molecular complexity index is 765. The van der Waals surface area contributed by atoms with Gasteiger partial charge in [-0.15, -0.1) is 0 Å². The molecule has 0 heterocycles. The summed E-state index contributed by atoms with van der Waals surface area (Å²) in [5.74, 6) is -0.758. The third kappa shape index (κ3) is 4.29. The van der Waals surface area contributed by atoms with Crippen molar-refractivity contribution < 1.29 is 17.9 Å². The van der Waals surface area contributed by atoms with Gasteiger partial charge >= 0.3 is 5.97 Å². The maximum atomic E-state index is 12.6. The van der Waals surface area contributed by atoms with Crippen molar-refractivity contribution in [2.75, 3.05) is 7.11 Å². The van der Waals surface area contributed by atoms with Gasteiger partial charge in [0, 0.05) is 0 Å². The van der Waals surface area contributed by atoms with Crippen LogP contribution >= 0.6 is 0 Å². The smallest absolute Gasteiger partial charge is 0.324 e. The normalized spacial score (nSPS) is 12.9. The van der Waals surface area contributed by atoms with Crippen molar-refractivity contribution >= 4 is 21.9 Å². The van der Waals surface area contributed by atoms with Gasteiger partial charge in [0.15, 0.2) is 15.1 Å². The maximum Gasteiger partial charge on any atom is 0.324 e. The Hall–Kier alpha value is -2.40. The van der Waals surface area contributed by atoms with Crippen LogP contribution < -0.4 is 0 Å². The van der Waals surface area contributed by atoms with Crippen molar-refractivity contribution in [3.63, 3.8) is 0 Å². The van der Waals surface area contributed by atoms with Crippen LogP contribution in [0.3, 0.4) is 0 Å². The molecule has 5 heteroatoms. The highest BCUT2D eigenvalue weighted by Gasteiger charge is 2.33. The molecule has 0 amide bonds. The highest BCUT2D eigenvalue weighted by molar-refractivity contribution is 7.92. The molecule has 0 spiro atoms. The van der Waals surface area contributed by atoms with Gasteiger partial charge in [-0.05, 0) is 24.1 Å². The number of hydrogen-bond acceptors (Lipinski definition) is 4. The molecular weight excluding hydrogens is 312 g/mol. The molecule has 0 radical (unpaired) electrons. The van der Waals surface area contributed by atoms with Crippen molar-refractivity contribution in [1.82, 2.24) is 0 Å². The van der Waals surface area contributed by atoms with Gasteiger partial charge in [-0.2, -0.15) is 0 Å². The zero-order valence-electron chi connectivity index (χ0n) is 12.8. The second-order valence-electron chi connectivity index (χ2n) is 4.92. The van der Waals surface area contributed by atoms with Gasteiger partial charge < -0.3 is 4.74 Å². The lowest BCUT2D eigenvalue weighted by Crippen LogP contribution is -2.31. The van der Waals surface area contributed by atoms with Crippen LogP contribution in [0.2, 0.25) is 0 Å². The van der Waals surface area contributed by atoms with Gasteiger partial charge in [-0.1, -0.05) is 60.7 Å². The first-order chi connectivity index (χ1) is 11.1. The van der Waals surface area contributed by atoms with E-state index < -0.39 is 21.1 Å². The molecular formula is C18H18O4S. The number of esters is 1. The van der Waals surface area contributed by atoms with E-state index >= 15 is 0 Å². The summed E-state index contributed by atoms with van der Waals surface area (Å²) < 4.78 is 30.0. The Labute approximate surface area is 136 Å². The SMILES string of the molecule is COC(=O)C(C/C=C/c1ccccc1)S(=O)(=O)c1ccccc1. The molecule has 0 fully saturated rings. The Morgan fingerprint density at radius 1 is 1.04 bits per heavy atom. The highest BCUT2D eigenvalue weighted by Crippen LogP contribution is 2.20. The summed E-state index contributed by atoms with van der Waals surface area (Å²) in [7, 11) is -2.60. The lowest BCUT2D eigenvalue weighted by atomic mass is 10.2. The van der Waals surface area contributed by atoms with Gasteiger partial charge in [0.25, 0.3) is 0 Å². The summed E-state index contributed by atoms with van der Waals surface area (Å²) in [6.07, 6.45) is 3.52. The Morgan fingerprint density at radius 3 is 2.17 bits per heavy atom. The number of hydrogen-bond donors (Lipinski definition) is 0. The molecule has 120 valence electrons. The first-order valence-corrected chi connectivity index (χ1v) is 8.68. The predicted molar refractivity (Wildman–Crippen MR) is 89.5 cm³/mol. The van der Waals surface area contributed by atoms with E-state index in [0.29, 0.717) is 0 Å². The van der Waals surface area contributed by atoms with Crippen molar-refractivity contribution in [3.8, 4) is 0 Å². The summed E-state index contributed by atoms with van der Waals surface area (Å²) in [6.45, 7) is 0. The van der Waals surface area contributed by atoms with E-state index in [4.69, 9.17) is 0 Å². The van der Waals surface area contributed by atoms with Gasteiger partial charge in [0.2, 0.25) is 0 Å². The maximum absolute atomic E-state index is 12.6. The second-order valence-corrected chi connectivity index (χ2v) is 7.05. The van der Waals surface area contributed by atoms with E-state index in [1.54, 1.807) is 30.4 Å². The zero-order chi connectivity index (χ0) is 16.7. The topological polar surface area (TPSA) is 60.4 Å². The molecule has 0 bridgehead atoms. The summed E-state index contributed by atoms with van der Waals surface area (Å²) in [4.78, 5) is 12.1. The van der Waals surface area contributed by atoms with Gasteiger partial charge in [-0.3, -0.25) is 4.79 Å². The average Bonchev–Trinajstić information content (AvgIpc) is 2.59. The zero-order valence-corrected chi connectivity index (χ0v) is 13.6. The van der Waals surface area contributed by atoms with Crippen molar-refractivity contribution in [3.05, 3.63) is 72.3 Å². The fraction of sp³-hybridized carbons (Fsp3) is 0.167. The number of benzene rings is 2. The molecule has 0 aliphatic rings. The Morgan fingerprint density at radius 2 is 1.61 bits per heavy atom. The van der Waals surface area contributed by atoms with Crippen LogP contribution in [-0.2, 0) is 19.4 Å². The molecule has 0 saturated carbocycles. The van der Waals surface area contributed by atoms with Crippen LogP contribution in [-0.4, -0.2) is 26.7 Å². The van der Waals surface area contributed by atoms with Gasteiger partial charge in [0.05, 0.1) is 12.0 Å². The van der Waals surface area contributed by atoms with Crippen LogP contribution in [0, 0.1) is 0 Å². The summed E-state index contributed by atoms with van der Waals surface area (Å²) >= 11 is 0. The van der Waals surface area contributed by atoms with E-state index in [1.165, 1.54) is 19.2 Å². The molecule has 0 aliphatic heterocycles. The number of sulfone groups is 1. The van der Waals surface area contributed by atoms with Crippen molar-refractivity contribution in [2.45, 2.75) is 16.6 Å². The molecule has 4 nitrogen and oxygen atoms in total. The van der Waals surface area contributed by atoms with Crippen LogP contribution in [0.1, 0.15) is 12.0 Å². The minimum absolute atomic E-state index is 0.0544. The Balaban J connectivity index is 2.24. The van der Waals surface area contributed by atoms with Crippen molar-refractivity contribution in [1.29, 1.82) is 0 Å². The number of methoxy groups -OCH3 is 1. The average molecular weight is 330 g/mol. The number of rotatable bonds is 6. The number of allylic oxidation sites excluding steroid dienone is 1. The minimum Gasteiger partial charge on any atom is -0.468 e. The van der Waals surface area contributed by atoms with Crippen LogP contribution in [0.25, 0.3) is 6.08 Å². The quantitative estimate of drug-likeness (QED) is 0.764. The minimum atomic E-state index is -3.79. The molecule has 1 unspecified atom stereocenters. The van der Waals surface area contributed by atoms with Gasteiger partial charge in [-0.25, -0.2) is 8.42 Å². The summed E-state index contributed by atoms with van der Waals surface area (Å²) in [5.41, 5.74) is 0.938. The first-order valence-electron chi connectivity index (χ1n) is 7.14. The van der Waals surface area contributed by atoms with Crippen LogP contribution in [0.4, 0.5) is 0 Å². The molecule has 2 rings (SSSR count). The molecule has 0 aromatic heterocycles. The summed E-state index contributed by atoms with van der Waals surface area (Å²) in [5, 5.41) is -1.25. The van der Waals surface area contributed by atoms with Crippen LogP contribution in [0.5, 0.6) is 0 Å². The lowest BCUT2D eigenvalue weighted by molar-refractivity contribution is -0.140. The van der Waals surface area contributed by atoms with E-state index in [-0.39, 0.29) is 11.3 Å². The van der Waals surface area contributed by atoms with E-state index in [9.17, 15) is 13.2 Å². The molecule has 0 saturated heterocycles. The first kappa shape index (κ1) is 17.0. The standard InChI is InChI=1S/C18H18O4S/c1-22-18(19)17(14-8-11-15-9-4-2-5-10-15)23(20,21)16-12-6-3-7-13-16/h2-13,17H,14H2,1H3/b11-8+. The van der Waals surface area contributed by atoms with Crippen molar-refractivity contribution in [2.24, 2.45) is 0 Å². The molecule has 2 aromatic carbocycles. The third-order valence-corrected chi connectivity index (χ3v) is 5.43. The van der Waals surface area contributed by atoms with E-state index in [2.05, 4.69) is 4.74 Å². The molecule has 23 heavy (non-hydrogen) atoms. The number of carbonyl (C=O) groups is 1.